The largest absolute Gasteiger partial charge is 0.493 e. The number of methoxy groups -OCH3 is 2. The molecule has 1 amide bonds. The van der Waals surface area contributed by atoms with Gasteiger partial charge in [0.25, 0.3) is 0 Å². The van der Waals surface area contributed by atoms with Gasteiger partial charge in [-0.25, -0.2) is 13.1 Å². The molecule has 0 radical (unpaired) electrons. The predicted octanol–water partition coefficient (Wildman–Crippen LogP) is 0.991. The lowest BCUT2D eigenvalue weighted by molar-refractivity contribution is -0.129. The highest BCUT2D eigenvalue weighted by molar-refractivity contribution is 7.89. The molecule has 1 atom stereocenters. The molecule has 1 aliphatic heterocycles. The lowest BCUT2D eigenvalue weighted by atomic mass is 10.3. The minimum absolute atomic E-state index is 0.0417. The summed E-state index contributed by atoms with van der Waals surface area (Å²) in [5, 5.41) is 0. The van der Waals surface area contributed by atoms with Crippen LogP contribution in [-0.4, -0.2) is 52.1 Å². The molecule has 7 nitrogen and oxygen atoms in total. The van der Waals surface area contributed by atoms with E-state index in [1.54, 1.807) is 4.90 Å². The molecule has 1 unspecified atom stereocenters. The van der Waals surface area contributed by atoms with Crippen molar-refractivity contribution in [3.63, 3.8) is 0 Å². The highest BCUT2D eigenvalue weighted by Gasteiger charge is 2.34. The van der Waals surface area contributed by atoms with Crippen LogP contribution in [0, 0.1) is 0 Å². The van der Waals surface area contributed by atoms with Crippen molar-refractivity contribution in [1.29, 1.82) is 0 Å². The predicted molar refractivity (Wildman–Crippen MR) is 85.1 cm³/mol. The Bertz CT molecular complexity index is 687. The number of benzene rings is 1. The standard InChI is InChI=1S/C15H22N2O5S/c1-10(2)17-9-11(7-15(17)18)16-23(19,20)12-5-6-13(21-3)14(8-12)22-4/h5-6,8,10-11,16H,7,9H2,1-4H3. The van der Waals surface area contributed by atoms with Gasteiger partial charge in [0.2, 0.25) is 15.9 Å². The molecule has 1 saturated heterocycles. The maximum atomic E-state index is 12.5. The number of rotatable bonds is 6. The summed E-state index contributed by atoms with van der Waals surface area (Å²) in [6, 6.07) is 4.01. The third-order valence-electron chi connectivity index (χ3n) is 3.77. The van der Waals surface area contributed by atoms with E-state index in [9.17, 15) is 13.2 Å². The van der Waals surface area contributed by atoms with Gasteiger partial charge in [-0.1, -0.05) is 0 Å². The first-order valence-corrected chi connectivity index (χ1v) is 8.80. The van der Waals surface area contributed by atoms with Crippen LogP contribution in [0.4, 0.5) is 0 Å². The fourth-order valence-electron chi connectivity index (χ4n) is 2.58. The highest BCUT2D eigenvalue weighted by Crippen LogP contribution is 2.29. The van der Waals surface area contributed by atoms with Gasteiger partial charge in [-0.15, -0.1) is 0 Å². The smallest absolute Gasteiger partial charge is 0.241 e. The van der Waals surface area contributed by atoms with Gasteiger partial charge in [-0.05, 0) is 26.0 Å². The van der Waals surface area contributed by atoms with E-state index in [0.29, 0.717) is 18.0 Å². The van der Waals surface area contributed by atoms with Crippen LogP contribution >= 0.6 is 0 Å². The summed E-state index contributed by atoms with van der Waals surface area (Å²) in [5.41, 5.74) is 0. The molecular weight excluding hydrogens is 320 g/mol. The summed E-state index contributed by atoms with van der Waals surface area (Å²) in [4.78, 5) is 13.6. The summed E-state index contributed by atoms with van der Waals surface area (Å²) in [7, 11) is -0.815. The van der Waals surface area contributed by atoms with E-state index in [1.807, 2.05) is 13.8 Å². The number of nitrogens with one attached hydrogen (secondary N) is 1. The van der Waals surface area contributed by atoms with E-state index in [1.165, 1.54) is 32.4 Å². The SMILES string of the molecule is COc1ccc(S(=O)(=O)NC2CC(=O)N(C(C)C)C2)cc1OC. The van der Waals surface area contributed by atoms with E-state index in [0.717, 1.165) is 0 Å². The fraction of sp³-hybridized carbons (Fsp3) is 0.533. The first kappa shape index (κ1) is 17.6. The monoisotopic (exact) mass is 342 g/mol. The second-order valence-electron chi connectivity index (χ2n) is 5.68. The molecule has 8 heteroatoms. The lowest BCUT2D eigenvalue weighted by Crippen LogP contribution is -2.38. The van der Waals surface area contributed by atoms with Gasteiger partial charge in [0, 0.05) is 31.1 Å². The summed E-state index contributed by atoms with van der Waals surface area (Å²) in [6.45, 7) is 4.19. The first-order valence-electron chi connectivity index (χ1n) is 7.32. The second-order valence-corrected chi connectivity index (χ2v) is 7.39. The number of hydrogen-bond acceptors (Lipinski definition) is 5. The molecule has 23 heavy (non-hydrogen) atoms. The average Bonchev–Trinajstić information content (AvgIpc) is 2.86. The molecule has 1 fully saturated rings. The molecule has 0 saturated carbocycles. The number of likely N-dealkylation sites (tertiary alicyclic amines) is 1. The van der Waals surface area contributed by atoms with Gasteiger partial charge in [-0.3, -0.25) is 4.79 Å². The van der Waals surface area contributed by atoms with Gasteiger partial charge >= 0.3 is 0 Å². The third kappa shape index (κ3) is 3.76. The summed E-state index contributed by atoms with van der Waals surface area (Å²) < 4.78 is 37.8. The molecule has 0 aromatic heterocycles. The Morgan fingerprint density at radius 3 is 2.39 bits per heavy atom. The fourth-order valence-corrected chi connectivity index (χ4v) is 3.82. The molecule has 2 rings (SSSR count). The van der Waals surface area contributed by atoms with E-state index < -0.39 is 16.1 Å². The zero-order valence-corrected chi connectivity index (χ0v) is 14.5. The average molecular weight is 342 g/mol. The Kier molecular flexibility index (Phi) is 5.16. The summed E-state index contributed by atoms with van der Waals surface area (Å²) in [5.74, 6) is 0.746. The van der Waals surface area contributed by atoms with Gasteiger partial charge in [0.1, 0.15) is 0 Å². The lowest BCUT2D eigenvalue weighted by Gasteiger charge is -2.21. The van der Waals surface area contributed by atoms with E-state index >= 15 is 0 Å². The topological polar surface area (TPSA) is 84.9 Å². The molecule has 0 aliphatic carbocycles. The van der Waals surface area contributed by atoms with Gasteiger partial charge in [0.05, 0.1) is 19.1 Å². The molecular formula is C15H22N2O5S. The van der Waals surface area contributed by atoms with Gasteiger partial charge in [-0.2, -0.15) is 0 Å². The quantitative estimate of drug-likeness (QED) is 0.833. The summed E-state index contributed by atoms with van der Waals surface area (Å²) in [6.07, 6.45) is 0.171. The van der Waals surface area contributed by atoms with E-state index in [2.05, 4.69) is 4.72 Å². The minimum atomic E-state index is -3.74. The normalized spacial score (nSPS) is 18.6. The summed E-state index contributed by atoms with van der Waals surface area (Å²) >= 11 is 0. The zero-order valence-electron chi connectivity index (χ0n) is 13.7. The number of carbonyl (C=O) groups is 1. The van der Waals surface area contributed by atoms with Crippen molar-refractivity contribution < 1.29 is 22.7 Å². The van der Waals surface area contributed by atoms with Crippen LogP contribution in [0.5, 0.6) is 11.5 Å². The van der Waals surface area contributed by atoms with Crippen LogP contribution in [-0.2, 0) is 14.8 Å². The van der Waals surface area contributed by atoms with Gasteiger partial charge in [0.15, 0.2) is 11.5 Å². The van der Waals surface area contributed by atoms with Crippen molar-refractivity contribution in [2.75, 3.05) is 20.8 Å². The van der Waals surface area contributed by atoms with Crippen LogP contribution in [0.25, 0.3) is 0 Å². The van der Waals surface area contributed by atoms with Crippen LogP contribution in [0.3, 0.4) is 0 Å². The number of ether oxygens (including phenoxy) is 2. The van der Waals surface area contributed by atoms with E-state index in [-0.39, 0.29) is 23.3 Å². The van der Waals surface area contributed by atoms with Crippen molar-refractivity contribution in [3.05, 3.63) is 18.2 Å². The van der Waals surface area contributed by atoms with Crippen LogP contribution in [0.2, 0.25) is 0 Å². The number of hydrogen-bond donors (Lipinski definition) is 1. The first-order chi connectivity index (χ1) is 10.8. The number of amides is 1. The Hall–Kier alpha value is -1.80. The van der Waals surface area contributed by atoms with Crippen molar-refractivity contribution in [2.24, 2.45) is 0 Å². The van der Waals surface area contributed by atoms with Crippen molar-refractivity contribution >= 4 is 15.9 Å². The Balaban J connectivity index is 2.18. The molecule has 1 N–H and O–H groups in total. The minimum Gasteiger partial charge on any atom is -0.493 e. The maximum absolute atomic E-state index is 12.5. The Morgan fingerprint density at radius 2 is 1.87 bits per heavy atom. The van der Waals surface area contributed by atoms with Crippen LogP contribution < -0.4 is 14.2 Å². The van der Waals surface area contributed by atoms with Crippen molar-refractivity contribution in [3.8, 4) is 11.5 Å². The van der Waals surface area contributed by atoms with Crippen molar-refractivity contribution in [1.82, 2.24) is 9.62 Å². The maximum Gasteiger partial charge on any atom is 0.241 e. The molecule has 0 bridgehead atoms. The molecule has 0 spiro atoms. The van der Waals surface area contributed by atoms with Crippen LogP contribution in [0.15, 0.2) is 23.1 Å². The third-order valence-corrected chi connectivity index (χ3v) is 5.29. The van der Waals surface area contributed by atoms with Crippen LogP contribution in [0.1, 0.15) is 20.3 Å². The number of carbonyl (C=O) groups excluding carboxylic acids is 1. The number of nitrogens with zero attached hydrogens (tertiary/aromatic N) is 1. The van der Waals surface area contributed by atoms with Crippen molar-refractivity contribution in [2.45, 2.75) is 37.2 Å². The molecule has 1 aromatic carbocycles. The molecule has 1 aromatic rings. The van der Waals surface area contributed by atoms with E-state index in [4.69, 9.17) is 9.47 Å². The Labute approximate surface area is 136 Å². The second kappa shape index (κ2) is 6.76. The molecule has 1 aliphatic rings. The zero-order chi connectivity index (χ0) is 17.2. The van der Waals surface area contributed by atoms with Gasteiger partial charge < -0.3 is 14.4 Å². The Morgan fingerprint density at radius 1 is 1.22 bits per heavy atom. The highest BCUT2D eigenvalue weighted by atomic mass is 32.2. The molecule has 1 heterocycles. The number of sulfonamides is 1. The molecule has 128 valence electrons.